The van der Waals surface area contributed by atoms with E-state index in [1.165, 1.54) is 5.56 Å². The monoisotopic (exact) mass is 183 g/mol. The fraction of sp³-hybridized carbons (Fsp3) is 0.400. The maximum Gasteiger partial charge on any atom is 0.0806 e. The van der Waals surface area contributed by atoms with Gasteiger partial charge in [0.25, 0.3) is 0 Å². The standard InChI is InChI=1S/C10H14ClN/c1-8(7-10(11)12)9-5-3-2-4-6-9/h2-6,8,10H,7,12H2,1H3. The Hall–Kier alpha value is -0.530. The van der Waals surface area contributed by atoms with Gasteiger partial charge >= 0.3 is 0 Å². The van der Waals surface area contributed by atoms with Crippen LogP contribution in [0.4, 0.5) is 0 Å². The molecular formula is C10H14ClN. The minimum Gasteiger partial charge on any atom is -0.315 e. The van der Waals surface area contributed by atoms with E-state index in [0.717, 1.165) is 6.42 Å². The lowest BCUT2D eigenvalue weighted by molar-refractivity contribution is 0.657. The SMILES string of the molecule is CC(CC(N)Cl)c1ccccc1. The van der Waals surface area contributed by atoms with E-state index in [9.17, 15) is 0 Å². The first-order chi connectivity index (χ1) is 5.70. The van der Waals surface area contributed by atoms with Crippen LogP contribution in [0.3, 0.4) is 0 Å². The molecule has 0 radical (unpaired) electrons. The molecule has 2 heteroatoms. The molecule has 1 nitrogen and oxygen atoms in total. The average Bonchev–Trinajstić information content (AvgIpc) is 2.05. The van der Waals surface area contributed by atoms with Crippen LogP contribution in [0.2, 0.25) is 0 Å². The zero-order valence-electron chi connectivity index (χ0n) is 7.20. The van der Waals surface area contributed by atoms with Gasteiger partial charge in [0.15, 0.2) is 0 Å². The molecule has 0 spiro atoms. The summed E-state index contributed by atoms with van der Waals surface area (Å²) in [5.41, 5.74) is 6.56. The lowest BCUT2D eigenvalue weighted by Crippen LogP contribution is -2.14. The highest BCUT2D eigenvalue weighted by Gasteiger charge is 2.07. The van der Waals surface area contributed by atoms with Gasteiger partial charge in [-0.15, -0.1) is 11.6 Å². The van der Waals surface area contributed by atoms with Gasteiger partial charge in [0.1, 0.15) is 0 Å². The average molecular weight is 184 g/mol. The topological polar surface area (TPSA) is 26.0 Å². The molecule has 2 unspecified atom stereocenters. The summed E-state index contributed by atoms with van der Waals surface area (Å²) in [6, 6.07) is 10.3. The van der Waals surface area contributed by atoms with Gasteiger partial charge in [0.05, 0.1) is 5.50 Å². The van der Waals surface area contributed by atoms with Crippen molar-refractivity contribution in [2.75, 3.05) is 0 Å². The Morgan fingerprint density at radius 1 is 1.33 bits per heavy atom. The molecule has 0 aromatic heterocycles. The maximum atomic E-state index is 5.70. The number of alkyl halides is 1. The molecule has 0 aliphatic rings. The van der Waals surface area contributed by atoms with Gasteiger partial charge in [-0.2, -0.15) is 0 Å². The van der Waals surface area contributed by atoms with E-state index in [0.29, 0.717) is 5.92 Å². The van der Waals surface area contributed by atoms with E-state index in [2.05, 4.69) is 19.1 Å². The van der Waals surface area contributed by atoms with E-state index >= 15 is 0 Å². The summed E-state index contributed by atoms with van der Waals surface area (Å²) < 4.78 is 0. The minimum absolute atomic E-state index is 0.236. The molecule has 66 valence electrons. The van der Waals surface area contributed by atoms with Crippen LogP contribution in [-0.2, 0) is 0 Å². The first kappa shape index (κ1) is 9.56. The second-order valence-corrected chi connectivity index (χ2v) is 3.62. The lowest BCUT2D eigenvalue weighted by atomic mass is 9.98. The predicted octanol–water partition coefficient (Wildman–Crippen LogP) is 2.70. The molecule has 0 aliphatic carbocycles. The zero-order valence-corrected chi connectivity index (χ0v) is 7.96. The van der Waals surface area contributed by atoms with Gasteiger partial charge in [-0.05, 0) is 17.9 Å². The molecule has 0 saturated heterocycles. The third-order valence-electron chi connectivity index (χ3n) is 1.95. The van der Waals surface area contributed by atoms with Gasteiger partial charge < -0.3 is 5.73 Å². The zero-order chi connectivity index (χ0) is 8.97. The van der Waals surface area contributed by atoms with Crippen LogP contribution in [0.25, 0.3) is 0 Å². The van der Waals surface area contributed by atoms with Crippen molar-refractivity contribution >= 4 is 11.6 Å². The Kier molecular flexibility index (Phi) is 3.57. The molecule has 0 heterocycles. The van der Waals surface area contributed by atoms with Crippen molar-refractivity contribution in [3.05, 3.63) is 35.9 Å². The van der Waals surface area contributed by atoms with Crippen LogP contribution in [0.1, 0.15) is 24.8 Å². The van der Waals surface area contributed by atoms with E-state index < -0.39 is 0 Å². The molecule has 0 bridgehead atoms. The predicted molar refractivity (Wildman–Crippen MR) is 53.3 cm³/mol. The molecule has 1 rings (SSSR count). The molecule has 1 aromatic carbocycles. The summed E-state index contributed by atoms with van der Waals surface area (Å²) >= 11 is 5.70. The Balaban J connectivity index is 2.59. The number of rotatable bonds is 3. The highest BCUT2D eigenvalue weighted by atomic mass is 35.5. The molecule has 1 aromatic rings. The van der Waals surface area contributed by atoms with Crippen LogP contribution < -0.4 is 5.73 Å². The van der Waals surface area contributed by atoms with Crippen molar-refractivity contribution in [1.82, 2.24) is 0 Å². The van der Waals surface area contributed by atoms with Gasteiger partial charge in [-0.1, -0.05) is 37.3 Å². The normalized spacial score (nSPS) is 15.6. The number of hydrogen-bond acceptors (Lipinski definition) is 1. The molecule has 2 atom stereocenters. The van der Waals surface area contributed by atoms with E-state index in [4.69, 9.17) is 17.3 Å². The van der Waals surface area contributed by atoms with E-state index in [1.54, 1.807) is 0 Å². The van der Waals surface area contributed by atoms with Crippen molar-refractivity contribution in [3.8, 4) is 0 Å². The largest absolute Gasteiger partial charge is 0.315 e. The minimum atomic E-state index is -0.236. The van der Waals surface area contributed by atoms with Crippen LogP contribution in [0.15, 0.2) is 30.3 Å². The number of benzene rings is 1. The van der Waals surface area contributed by atoms with Crippen molar-refractivity contribution in [2.24, 2.45) is 5.73 Å². The molecule has 0 saturated carbocycles. The smallest absolute Gasteiger partial charge is 0.0806 e. The lowest BCUT2D eigenvalue weighted by Gasteiger charge is -2.12. The Labute approximate surface area is 78.5 Å². The van der Waals surface area contributed by atoms with Gasteiger partial charge in [0.2, 0.25) is 0 Å². The Morgan fingerprint density at radius 2 is 1.92 bits per heavy atom. The van der Waals surface area contributed by atoms with Gasteiger partial charge in [-0.25, -0.2) is 0 Å². The molecule has 0 aliphatic heterocycles. The third kappa shape index (κ3) is 2.84. The highest BCUT2D eigenvalue weighted by Crippen LogP contribution is 2.20. The van der Waals surface area contributed by atoms with Gasteiger partial charge in [0, 0.05) is 0 Å². The second kappa shape index (κ2) is 4.48. The summed E-state index contributed by atoms with van der Waals surface area (Å²) in [4.78, 5) is 0. The van der Waals surface area contributed by atoms with Crippen LogP contribution in [0.5, 0.6) is 0 Å². The number of halogens is 1. The summed E-state index contributed by atoms with van der Waals surface area (Å²) in [6.07, 6.45) is 0.825. The molecule has 2 N–H and O–H groups in total. The highest BCUT2D eigenvalue weighted by molar-refractivity contribution is 6.20. The fourth-order valence-corrected chi connectivity index (χ4v) is 1.52. The molecule has 0 amide bonds. The summed E-state index contributed by atoms with van der Waals surface area (Å²) in [5, 5.41) is 0. The van der Waals surface area contributed by atoms with Crippen LogP contribution in [0, 0.1) is 0 Å². The quantitative estimate of drug-likeness (QED) is 0.566. The first-order valence-corrected chi connectivity index (χ1v) is 4.58. The summed E-state index contributed by atoms with van der Waals surface area (Å²) in [5.74, 6) is 0.443. The third-order valence-corrected chi connectivity index (χ3v) is 2.13. The van der Waals surface area contributed by atoms with Crippen LogP contribution >= 0.6 is 11.6 Å². The van der Waals surface area contributed by atoms with Crippen molar-refractivity contribution in [2.45, 2.75) is 24.8 Å². The summed E-state index contributed by atoms with van der Waals surface area (Å²) in [7, 11) is 0. The second-order valence-electron chi connectivity index (χ2n) is 3.06. The Morgan fingerprint density at radius 3 is 2.42 bits per heavy atom. The molecule has 12 heavy (non-hydrogen) atoms. The maximum absolute atomic E-state index is 5.70. The summed E-state index contributed by atoms with van der Waals surface area (Å²) in [6.45, 7) is 2.14. The van der Waals surface area contributed by atoms with Crippen molar-refractivity contribution in [1.29, 1.82) is 0 Å². The molecule has 0 fully saturated rings. The number of hydrogen-bond donors (Lipinski definition) is 1. The van der Waals surface area contributed by atoms with E-state index in [-0.39, 0.29) is 5.50 Å². The Bertz CT molecular complexity index is 221. The van der Waals surface area contributed by atoms with Gasteiger partial charge in [-0.3, -0.25) is 0 Å². The number of nitrogens with two attached hydrogens (primary N) is 1. The van der Waals surface area contributed by atoms with Crippen molar-refractivity contribution < 1.29 is 0 Å². The molecular weight excluding hydrogens is 170 g/mol. The van der Waals surface area contributed by atoms with Crippen LogP contribution in [-0.4, -0.2) is 5.50 Å². The fourth-order valence-electron chi connectivity index (χ4n) is 1.26. The van der Waals surface area contributed by atoms with Crippen molar-refractivity contribution in [3.63, 3.8) is 0 Å². The van der Waals surface area contributed by atoms with E-state index in [1.807, 2.05) is 18.2 Å². The first-order valence-electron chi connectivity index (χ1n) is 4.14.